The number of nitrogens with zero attached hydrogens (tertiary/aromatic N) is 1. The monoisotopic (exact) mass is 295 g/mol. The fraction of sp³-hybridized carbons (Fsp3) is 0.0556. The highest BCUT2D eigenvalue weighted by molar-refractivity contribution is 5.85. The molecule has 1 aliphatic heterocycles. The lowest BCUT2D eigenvalue weighted by atomic mass is 9.91. The number of rotatable bonds is 1. The molecule has 0 radical (unpaired) electrons. The van der Waals surface area contributed by atoms with Crippen molar-refractivity contribution in [3.05, 3.63) is 84.2 Å². The number of hydrogen-bond acceptors (Lipinski definition) is 2. The first-order valence-electron chi connectivity index (χ1n) is 6.69. The quantitative estimate of drug-likeness (QED) is 0.652. The molecule has 0 N–H and O–H groups in total. The lowest BCUT2D eigenvalue weighted by Gasteiger charge is -2.28. The van der Waals surface area contributed by atoms with Crippen LogP contribution in [0.15, 0.2) is 72.9 Å². The van der Waals surface area contributed by atoms with Crippen LogP contribution in [-0.4, -0.2) is 4.98 Å². The van der Waals surface area contributed by atoms with Crippen LogP contribution >= 0.6 is 12.4 Å². The largest absolute Gasteiger partial charge is 0.479 e. The zero-order valence-electron chi connectivity index (χ0n) is 11.3. The minimum absolute atomic E-state index is 0. The summed E-state index contributed by atoms with van der Waals surface area (Å²) in [5.74, 6) is 0.918. The van der Waals surface area contributed by atoms with Gasteiger partial charge in [-0.1, -0.05) is 48.5 Å². The predicted molar refractivity (Wildman–Crippen MR) is 85.8 cm³/mol. The molecule has 104 valence electrons. The van der Waals surface area contributed by atoms with E-state index in [0.717, 1.165) is 17.0 Å². The van der Waals surface area contributed by atoms with Gasteiger partial charge in [-0.05, 0) is 23.8 Å². The highest BCUT2D eigenvalue weighted by atomic mass is 35.5. The zero-order valence-corrected chi connectivity index (χ0v) is 12.1. The van der Waals surface area contributed by atoms with Crippen molar-refractivity contribution in [1.82, 2.24) is 4.98 Å². The SMILES string of the molecule is Cl.c1ccc(C2Oc3ccccc3-c3ccccc32)nc1. The number of aromatic nitrogens is 1. The fourth-order valence-electron chi connectivity index (χ4n) is 2.70. The molecule has 0 bridgehead atoms. The Hall–Kier alpha value is -2.32. The molecule has 0 fully saturated rings. The second kappa shape index (κ2) is 5.58. The fourth-order valence-corrected chi connectivity index (χ4v) is 2.70. The van der Waals surface area contributed by atoms with Crippen LogP contribution in [0, 0.1) is 0 Å². The Bertz CT molecular complexity index is 758. The van der Waals surface area contributed by atoms with E-state index in [2.05, 4.69) is 29.2 Å². The molecule has 0 aliphatic carbocycles. The van der Waals surface area contributed by atoms with Crippen molar-refractivity contribution in [1.29, 1.82) is 0 Å². The summed E-state index contributed by atoms with van der Waals surface area (Å²) < 4.78 is 6.18. The van der Waals surface area contributed by atoms with Gasteiger partial charge in [-0.15, -0.1) is 12.4 Å². The van der Waals surface area contributed by atoms with E-state index in [4.69, 9.17) is 4.74 Å². The van der Waals surface area contributed by atoms with Crippen LogP contribution in [0.1, 0.15) is 17.4 Å². The molecule has 0 amide bonds. The smallest absolute Gasteiger partial charge is 0.166 e. The topological polar surface area (TPSA) is 22.1 Å². The van der Waals surface area contributed by atoms with Gasteiger partial charge in [0, 0.05) is 17.3 Å². The maximum absolute atomic E-state index is 6.18. The van der Waals surface area contributed by atoms with Gasteiger partial charge in [0.05, 0.1) is 5.69 Å². The van der Waals surface area contributed by atoms with Crippen molar-refractivity contribution in [3.63, 3.8) is 0 Å². The van der Waals surface area contributed by atoms with Crippen molar-refractivity contribution < 1.29 is 4.74 Å². The zero-order chi connectivity index (χ0) is 13.4. The van der Waals surface area contributed by atoms with E-state index >= 15 is 0 Å². The highest BCUT2D eigenvalue weighted by Gasteiger charge is 2.27. The van der Waals surface area contributed by atoms with Crippen LogP contribution in [0.25, 0.3) is 11.1 Å². The van der Waals surface area contributed by atoms with Gasteiger partial charge in [-0.2, -0.15) is 0 Å². The van der Waals surface area contributed by atoms with Crippen LogP contribution in [0.4, 0.5) is 0 Å². The Morgan fingerprint density at radius 3 is 2.29 bits per heavy atom. The third-order valence-corrected chi connectivity index (χ3v) is 3.62. The summed E-state index contributed by atoms with van der Waals surface area (Å²) >= 11 is 0. The van der Waals surface area contributed by atoms with Crippen molar-refractivity contribution in [2.24, 2.45) is 0 Å². The van der Waals surface area contributed by atoms with Crippen LogP contribution < -0.4 is 4.74 Å². The second-order valence-electron chi connectivity index (χ2n) is 4.84. The van der Waals surface area contributed by atoms with Gasteiger partial charge in [-0.3, -0.25) is 4.98 Å². The summed E-state index contributed by atoms with van der Waals surface area (Å²) in [6.07, 6.45) is 1.67. The molecule has 1 aromatic heterocycles. The van der Waals surface area contributed by atoms with Gasteiger partial charge < -0.3 is 4.74 Å². The predicted octanol–water partition coefficient (Wildman–Crippen LogP) is 4.65. The van der Waals surface area contributed by atoms with E-state index < -0.39 is 0 Å². The Kier molecular flexibility index (Phi) is 3.63. The van der Waals surface area contributed by atoms with Crippen LogP contribution in [0.5, 0.6) is 5.75 Å². The molecule has 0 saturated carbocycles. The van der Waals surface area contributed by atoms with Crippen LogP contribution in [-0.2, 0) is 0 Å². The molecule has 3 aromatic rings. The van der Waals surface area contributed by atoms with Gasteiger partial charge in [0.2, 0.25) is 0 Å². The van der Waals surface area contributed by atoms with Gasteiger partial charge in [-0.25, -0.2) is 0 Å². The first kappa shape index (κ1) is 13.7. The molecule has 0 saturated heterocycles. The van der Waals surface area contributed by atoms with Crippen LogP contribution in [0.2, 0.25) is 0 Å². The molecular formula is C18H14ClNO. The molecule has 2 aromatic carbocycles. The summed E-state index contributed by atoms with van der Waals surface area (Å²) in [7, 11) is 0. The molecule has 3 heteroatoms. The number of para-hydroxylation sites is 1. The minimum atomic E-state index is -0.137. The van der Waals surface area contributed by atoms with E-state index in [0.29, 0.717) is 0 Å². The molecule has 2 heterocycles. The number of hydrogen-bond donors (Lipinski definition) is 0. The summed E-state index contributed by atoms with van der Waals surface area (Å²) in [6, 6.07) is 22.5. The third-order valence-electron chi connectivity index (χ3n) is 3.62. The van der Waals surface area contributed by atoms with E-state index in [1.54, 1.807) is 0 Å². The van der Waals surface area contributed by atoms with Gasteiger partial charge >= 0.3 is 0 Å². The molecule has 2 nitrogen and oxygen atoms in total. The second-order valence-corrected chi connectivity index (χ2v) is 4.84. The average Bonchev–Trinajstić information content (AvgIpc) is 2.55. The average molecular weight is 296 g/mol. The summed E-state index contributed by atoms with van der Waals surface area (Å²) in [4.78, 5) is 4.45. The molecule has 21 heavy (non-hydrogen) atoms. The Morgan fingerprint density at radius 2 is 1.48 bits per heavy atom. The number of ether oxygens (including phenoxy) is 1. The molecule has 1 aliphatic rings. The van der Waals surface area contributed by atoms with Gasteiger partial charge in [0.1, 0.15) is 5.75 Å². The maximum atomic E-state index is 6.18. The number of fused-ring (bicyclic) bond motifs is 3. The lowest BCUT2D eigenvalue weighted by molar-refractivity contribution is 0.238. The van der Waals surface area contributed by atoms with E-state index in [-0.39, 0.29) is 18.5 Å². The number of benzene rings is 2. The molecular weight excluding hydrogens is 282 g/mol. The van der Waals surface area contributed by atoms with E-state index in [1.807, 2.05) is 48.7 Å². The molecule has 0 spiro atoms. The number of halogens is 1. The third kappa shape index (κ3) is 2.28. The molecule has 1 atom stereocenters. The first-order chi connectivity index (χ1) is 9.93. The van der Waals surface area contributed by atoms with Gasteiger partial charge in [0.25, 0.3) is 0 Å². The Balaban J connectivity index is 0.00000132. The van der Waals surface area contributed by atoms with Crippen molar-refractivity contribution in [2.45, 2.75) is 6.10 Å². The van der Waals surface area contributed by atoms with Gasteiger partial charge in [0.15, 0.2) is 6.10 Å². The van der Waals surface area contributed by atoms with Crippen molar-refractivity contribution in [3.8, 4) is 16.9 Å². The molecule has 1 unspecified atom stereocenters. The minimum Gasteiger partial charge on any atom is -0.479 e. The Morgan fingerprint density at radius 1 is 0.762 bits per heavy atom. The van der Waals surface area contributed by atoms with Crippen molar-refractivity contribution in [2.75, 3.05) is 0 Å². The molecule has 4 rings (SSSR count). The van der Waals surface area contributed by atoms with E-state index in [1.165, 1.54) is 11.1 Å². The van der Waals surface area contributed by atoms with Crippen molar-refractivity contribution >= 4 is 12.4 Å². The summed E-state index contributed by atoms with van der Waals surface area (Å²) in [5.41, 5.74) is 4.49. The normalized spacial score (nSPS) is 15.1. The maximum Gasteiger partial charge on any atom is 0.166 e. The highest BCUT2D eigenvalue weighted by Crippen LogP contribution is 2.43. The lowest BCUT2D eigenvalue weighted by Crippen LogP contribution is -2.16. The van der Waals surface area contributed by atoms with Crippen LogP contribution in [0.3, 0.4) is 0 Å². The first-order valence-corrected chi connectivity index (χ1v) is 6.69. The summed E-state index contributed by atoms with van der Waals surface area (Å²) in [5, 5.41) is 0. The van der Waals surface area contributed by atoms with E-state index in [9.17, 15) is 0 Å². The summed E-state index contributed by atoms with van der Waals surface area (Å²) in [6.45, 7) is 0. The number of pyridine rings is 1. The standard InChI is InChI=1S/C18H13NO.ClH/c1-2-9-15-13(7-1)14-8-3-4-11-17(14)20-18(15)16-10-5-6-12-19-16;/h1-12,18H;1H. The Labute approximate surface area is 129 Å².